The molecule has 0 aliphatic carbocycles. The number of nitrogens with zero attached hydrogens (tertiary/aromatic N) is 1. The van der Waals surface area contributed by atoms with Crippen LogP contribution in [0, 0.1) is 0 Å². The van der Waals surface area contributed by atoms with Crippen molar-refractivity contribution in [3.63, 3.8) is 0 Å². The molecule has 14 heavy (non-hydrogen) atoms. The van der Waals surface area contributed by atoms with Gasteiger partial charge in [-0.05, 0) is 18.2 Å². The van der Waals surface area contributed by atoms with Crippen LogP contribution < -0.4 is 4.90 Å². The van der Waals surface area contributed by atoms with Gasteiger partial charge in [0.1, 0.15) is 0 Å². The maximum Gasteiger partial charge on any atom is 0.340 e. The van der Waals surface area contributed by atoms with Gasteiger partial charge in [-0.3, -0.25) is 0 Å². The molecule has 0 radical (unpaired) electrons. The van der Waals surface area contributed by atoms with Crippen molar-refractivity contribution in [3.8, 4) is 0 Å². The molecule has 1 rings (SSSR count). The van der Waals surface area contributed by atoms with E-state index in [1.54, 1.807) is 18.2 Å². The van der Waals surface area contributed by atoms with Crippen LogP contribution in [0.25, 0.3) is 0 Å². The van der Waals surface area contributed by atoms with Gasteiger partial charge in [0, 0.05) is 19.1 Å². The van der Waals surface area contributed by atoms with Gasteiger partial charge in [-0.2, -0.15) is 0 Å². The van der Waals surface area contributed by atoms with Crippen LogP contribution in [-0.4, -0.2) is 27.2 Å². The number of carbonyl (C=O) groups is 1. The second-order valence-electron chi connectivity index (χ2n) is 3.05. The number of benzene rings is 1. The Labute approximate surface area is 88.2 Å². The summed E-state index contributed by atoms with van der Waals surface area (Å²) in [5, 5.41) is 0.524. The predicted octanol–water partition coefficient (Wildman–Crippen LogP) is 2.19. The Balaban J connectivity index is 3.22. The average Bonchev–Trinajstić information content (AvgIpc) is 2.16. The Morgan fingerprint density at radius 2 is 2.07 bits per heavy atom. The van der Waals surface area contributed by atoms with Gasteiger partial charge < -0.3 is 9.64 Å². The van der Waals surface area contributed by atoms with Gasteiger partial charge in [0.15, 0.2) is 0 Å². The Hall–Kier alpha value is -1.22. The minimum Gasteiger partial charge on any atom is -0.465 e. The first-order chi connectivity index (χ1) is 6.56. The summed E-state index contributed by atoms with van der Waals surface area (Å²) in [6, 6.07) is 5.13. The van der Waals surface area contributed by atoms with Gasteiger partial charge in [-0.25, -0.2) is 4.79 Å². The van der Waals surface area contributed by atoms with Gasteiger partial charge in [-0.15, -0.1) is 0 Å². The van der Waals surface area contributed by atoms with E-state index in [1.807, 2.05) is 19.0 Å². The fourth-order valence-corrected chi connectivity index (χ4v) is 1.34. The largest absolute Gasteiger partial charge is 0.465 e. The molecule has 0 saturated carbocycles. The highest BCUT2D eigenvalue weighted by molar-refractivity contribution is 6.31. The third-order valence-corrected chi connectivity index (χ3v) is 2.08. The number of esters is 1. The molecule has 0 saturated heterocycles. The standard InChI is InChI=1S/C10H12ClNO2/c1-12(2)9-5-4-7(11)6-8(9)10(13)14-3/h4-6H,1-3H3. The average molecular weight is 214 g/mol. The van der Waals surface area contributed by atoms with Crippen molar-refractivity contribution >= 4 is 23.3 Å². The smallest absolute Gasteiger partial charge is 0.340 e. The number of hydrogen-bond donors (Lipinski definition) is 0. The Bertz CT molecular complexity index is 350. The van der Waals surface area contributed by atoms with E-state index in [0.717, 1.165) is 5.69 Å². The molecule has 0 unspecified atom stereocenters. The number of halogens is 1. The van der Waals surface area contributed by atoms with Crippen LogP contribution in [0.5, 0.6) is 0 Å². The molecule has 0 amide bonds. The van der Waals surface area contributed by atoms with E-state index in [1.165, 1.54) is 7.11 Å². The highest BCUT2D eigenvalue weighted by atomic mass is 35.5. The summed E-state index contributed by atoms with van der Waals surface area (Å²) >= 11 is 5.80. The molecule has 0 heterocycles. The molecule has 0 fully saturated rings. The number of ether oxygens (including phenoxy) is 1. The summed E-state index contributed by atoms with van der Waals surface area (Å²) in [5.74, 6) is -0.379. The monoisotopic (exact) mass is 213 g/mol. The minimum atomic E-state index is -0.379. The Morgan fingerprint density at radius 1 is 1.43 bits per heavy atom. The fraction of sp³-hybridized carbons (Fsp3) is 0.300. The summed E-state index contributed by atoms with van der Waals surface area (Å²) in [7, 11) is 5.06. The van der Waals surface area contributed by atoms with Crippen LogP contribution in [0.2, 0.25) is 5.02 Å². The van der Waals surface area contributed by atoms with Crippen LogP contribution in [0.4, 0.5) is 5.69 Å². The second-order valence-corrected chi connectivity index (χ2v) is 3.48. The molecule has 1 aromatic rings. The number of hydrogen-bond acceptors (Lipinski definition) is 3. The maximum atomic E-state index is 11.4. The lowest BCUT2D eigenvalue weighted by Crippen LogP contribution is -2.14. The first kappa shape index (κ1) is 10.9. The van der Waals surface area contributed by atoms with Crippen molar-refractivity contribution in [1.29, 1.82) is 0 Å². The summed E-state index contributed by atoms with van der Waals surface area (Å²) in [4.78, 5) is 13.2. The fourth-order valence-electron chi connectivity index (χ4n) is 1.17. The van der Waals surface area contributed by atoms with E-state index < -0.39 is 0 Å². The molecule has 1 aromatic carbocycles. The number of methoxy groups -OCH3 is 1. The van der Waals surface area contributed by atoms with Crippen LogP contribution in [0.1, 0.15) is 10.4 Å². The molecule has 0 spiro atoms. The zero-order chi connectivity index (χ0) is 10.7. The van der Waals surface area contributed by atoms with Crippen molar-refractivity contribution < 1.29 is 9.53 Å². The predicted molar refractivity (Wildman–Crippen MR) is 57.1 cm³/mol. The third-order valence-electron chi connectivity index (χ3n) is 1.85. The zero-order valence-electron chi connectivity index (χ0n) is 8.37. The van der Waals surface area contributed by atoms with Gasteiger partial charge >= 0.3 is 5.97 Å². The molecule has 4 heteroatoms. The van der Waals surface area contributed by atoms with Gasteiger partial charge in [0.05, 0.1) is 18.4 Å². The molecule has 0 aromatic heterocycles. The zero-order valence-corrected chi connectivity index (χ0v) is 9.13. The molecule has 0 aliphatic rings. The van der Waals surface area contributed by atoms with Crippen LogP contribution in [0.3, 0.4) is 0 Å². The van der Waals surface area contributed by atoms with E-state index in [4.69, 9.17) is 11.6 Å². The van der Waals surface area contributed by atoms with Crippen molar-refractivity contribution in [3.05, 3.63) is 28.8 Å². The third kappa shape index (κ3) is 2.17. The summed E-state index contributed by atoms with van der Waals surface area (Å²) < 4.78 is 4.66. The van der Waals surface area contributed by atoms with E-state index in [-0.39, 0.29) is 5.97 Å². The first-order valence-corrected chi connectivity index (χ1v) is 4.49. The molecule has 0 atom stereocenters. The van der Waals surface area contributed by atoms with Crippen LogP contribution >= 0.6 is 11.6 Å². The van der Waals surface area contributed by atoms with E-state index in [9.17, 15) is 4.79 Å². The SMILES string of the molecule is COC(=O)c1cc(Cl)ccc1N(C)C. The topological polar surface area (TPSA) is 29.5 Å². The lowest BCUT2D eigenvalue weighted by molar-refractivity contribution is 0.0601. The van der Waals surface area contributed by atoms with Crippen molar-refractivity contribution in [2.75, 3.05) is 26.1 Å². The summed E-state index contributed by atoms with van der Waals surface area (Å²) in [6.07, 6.45) is 0. The molecular weight excluding hydrogens is 202 g/mol. The molecule has 3 nitrogen and oxygen atoms in total. The number of anilines is 1. The highest BCUT2D eigenvalue weighted by Gasteiger charge is 2.13. The molecule has 76 valence electrons. The highest BCUT2D eigenvalue weighted by Crippen LogP contribution is 2.23. The number of carbonyl (C=O) groups excluding carboxylic acids is 1. The lowest BCUT2D eigenvalue weighted by atomic mass is 10.1. The van der Waals surface area contributed by atoms with Gasteiger partial charge in [0.2, 0.25) is 0 Å². The summed E-state index contributed by atoms with van der Waals surface area (Å²) in [5.41, 5.74) is 1.27. The summed E-state index contributed by atoms with van der Waals surface area (Å²) in [6.45, 7) is 0. The Morgan fingerprint density at radius 3 is 2.57 bits per heavy atom. The van der Waals surface area contributed by atoms with Crippen molar-refractivity contribution in [2.45, 2.75) is 0 Å². The van der Waals surface area contributed by atoms with E-state index in [2.05, 4.69) is 4.74 Å². The molecule has 0 N–H and O–H groups in total. The quantitative estimate of drug-likeness (QED) is 0.706. The van der Waals surface area contributed by atoms with Crippen LogP contribution in [0.15, 0.2) is 18.2 Å². The van der Waals surface area contributed by atoms with Crippen LogP contribution in [-0.2, 0) is 4.74 Å². The Kier molecular flexibility index (Phi) is 3.36. The lowest BCUT2D eigenvalue weighted by Gasteiger charge is -2.16. The molecule has 0 bridgehead atoms. The normalized spacial score (nSPS) is 9.71. The van der Waals surface area contributed by atoms with Crippen molar-refractivity contribution in [1.82, 2.24) is 0 Å². The van der Waals surface area contributed by atoms with E-state index >= 15 is 0 Å². The maximum absolute atomic E-state index is 11.4. The van der Waals surface area contributed by atoms with Gasteiger partial charge in [0.25, 0.3) is 0 Å². The molecular formula is C10H12ClNO2. The van der Waals surface area contributed by atoms with Crippen molar-refractivity contribution in [2.24, 2.45) is 0 Å². The molecule has 0 aliphatic heterocycles. The first-order valence-electron chi connectivity index (χ1n) is 4.11. The number of rotatable bonds is 2. The van der Waals surface area contributed by atoms with E-state index in [0.29, 0.717) is 10.6 Å². The second kappa shape index (κ2) is 4.33. The van der Waals surface area contributed by atoms with Gasteiger partial charge in [-0.1, -0.05) is 11.6 Å². The minimum absolute atomic E-state index is 0.379.